The third kappa shape index (κ3) is 7.57. The molecule has 7 nitrogen and oxygen atoms in total. The second kappa shape index (κ2) is 12.2. The summed E-state index contributed by atoms with van der Waals surface area (Å²) in [6.07, 6.45) is 2.24. The van der Waals surface area contributed by atoms with Crippen LogP contribution in [0.5, 0.6) is 0 Å². The van der Waals surface area contributed by atoms with Crippen LogP contribution in [-0.4, -0.2) is 50.5 Å². The first-order valence-corrected chi connectivity index (χ1v) is 13.6. The number of para-hydroxylation sites is 1. The summed E-state index contributed by atoms with van der Waals surface area (Å²) in [6.45, 7) is 6.07. The first-order valence-electron chi connectivity index (χ1n) is 10.9. The van der Waals surface area contributed by atoms with E-state index in [1.807, 2.05) is 45.0 Å². The SMILES string of the molecule is CCCNC(=O)[C@@H](CC)N(Cc1ccc(C)cc1)C(=O)CN(c1ccccc1Br)S(C)(=O)=O. The van der Waals surface area contributed by atoms with E-state index in [1.165, 1.54) is 4.90 Å². The van der Waals surface area contributed by atoms with Crippen molar-refractivity contribution >= 4 is 43.5 Å². The molecule has 0 saturated carbocycles. The lowest BCUT2D eigenvalue weighted by Crippen LogP contribution is -2.52. The fourth-order valence-electron chi connectivity index (χ4n) is 3.42. The summed E-state index contributed by atoms with van der Waals surface area (Å²) < 4.78 is 26.8. The maximum Gasteiger partial charge on any atom is 0.244 e. The highest BCUT2D eigenvalue weighted by Crippen LogP contribution is 2.28. The van der Waals surface area contributed by atoms with Gasteiger partial charge in [0.05, 0.1) is 11.9 Å². The molecule has 2 rings (SSSR count). The predicted molar refractivity (Wildman–Crippen MR) is 135 cm³/mol. The highest BCUT2D eigenvalue weighted by Gasteiger charge is 2.32. The zero-order valence-corrected chi connectivity index (χ0v) is 21.9. The molecule has 0 aliphatic rings. The Hall–Kier alpha value is -2.39. The van der Waals surface area contributed by atoms with Crippen LogP contribution in [0.3, 0.4) is 0 Å². The molecule has 9 heteroatoms. The molecule has 0 aliphatic heterocycles. The number of nitrogens with one attached hydrogen (secondary N) is 1. The Bertz CT molecular complexity index is 1060. The molecule has 0 aromatic heterocycles. The first-order chi connectivity index (χ1) is 15.6. The molecule has 33 heavy (non-hydrogen) atoms. The molecule has 1 atom stereocenters. The summed E-state index contributed by atoms with van der Waals surface area (Å²) in [6, 6.07) is 13.8. The van der Waals surface area contributed by atoms with Gasteiger partial charge in [-0.25, -0.2) is 8.42 Å². The van der Waals surface area contributed by atoms with Crippen molar-refractivity contribution in [2.75, 3.05) is 23.7 Å². The van der Waals surface area contributed by atoms with Crippen LogP contribution in [0.4, 0.5) is 5.69 Å². The van der Waals surface area contributed by atoms with Crippen molar-refractivity contribution in [2.24, 2.45) is 0 Å². The summed E-state index contributed by atoms with van der Waals surface area (Å²) in [4.78, 5) is 27.9. The van der Waals surface area contributed by atoms with Gasteiger partial charge in [-0.1, -0.05) is 55.8 Å². The van der Waals surface area contributed by atoms with E-state index in [1.54, 1.807) is 24.3 Å². The van der Waals surface area contributed by atoms with Crippen LogP contribution in [0.25, 0.3) is 0 Å². The highest BCUT2D eigenvalue weighted by atomic mass is 79.9. The Labute approximate surface area is 205 Å². The molecule has 0 radical (unpaired) electrons. The third-order valence-corrected chi connectivity index (χ3v) is 7.01. The minimum absolute atomic E-state index is 0.199. The number of aryl methyl sites for hydroxylation is 1. The minimum Gasteiger partial charge on any atom is -0.354 e. The van der Waals surface area contributed by atoms with Gasteiger partial charge in [-0.3, -0.25) is 13.9 Å². The Morgan fingerprint density at radius 3 is 2.24 bits per heavy atom. The van der Waals surface area contributed by atoms with Crippen LogP contribution in [0.1, 0.15) is 37.8 Å². The van der Waals surface area contributed by atoms with Gasteiger partial charge in [-0.15, -0.1) is 0 Å². The quantitative estimate of drug-likeness (QED) is 0.471. The number of nitrogens with zero attached hydrogens (tertiary/aromatic N) is 2. The molecule has 0 unspecified atom stereocenters. The van der Waals surface area contributed by atoms with Crippen LogP contribution in [0.15, 0.2) is 53.0 Å². The van der Waals surface area contributed by atoms with Gasteiger partial charge in [0.2, 0.25) is 21.8 Å². The molecular weight excluding hydrogens is 506 g/mol. The van der Waals surface area contributed by atoms with Crippen molar-refractivity contribution in [1.29, 1.82) is 0 Å². The summed E-state index contributed by atoms with van der Waals surface area (Å²) in [7, 11) is -3.76. The molecule has 2 aromatic carbocycles. The molecule has 0 heterocycles. The van der Waals surface area contributed by atoms with Crippen molar-refractivity contribution in [2.45, 2.75) is 46.2 Å². The van der Waals surface area contributed by atoms with Crippen LogP contribution >= 0.6 is 15.9 Å². The van der Waals surface area contributed by atoms with Crippen molar-refractivity contribution in [3.63, 3.8) is 0 Å². The van der Waals surface area contributed by atoms with Gasteiger partial charge in [0.15, 0.2) is 0 Å². The van der Waals surface area contributed by atoms with Gasteiger partial charge in [0.25, 0.3) is 0 Å². The lowest BCUT2D eigenvalue weighted by molar-refractivity contribution is -0.140. The maximum atomic E-state index is 13.6. The molecule has 180 valence electrons. The molecule has 0 spiro atoms. The Balaban J connectivity index is 2.42. The largest absolute Gasteiger partial charge is 0.354 e. The molecule has 0 aliphatic carbocycles. The topological polar surface area (TPSA) is 86.8 Å². The number of hydrogen-bond donors (Lipinski definition) is 1. The lowest BCUT2D eigenvalue weighted by atomic mass is 10.1. The minimum atomic E-state index is -3.76. The molecule has 0 bridgehead atoms. The number of benzene rings is 2. The van der Waals surface area contributed by atoms with Gasteiger partial charge in [-0.2, -0.15) is 0 Å². The highest BCUT2D eigenvalue weighted by molar-refractivity contribution is 9.10. The predicted octanol–water partition coefficient (Wildman–Crippen LogP) is 3.86. The van der Waals surface area contributed by atoms with Crippen LogP contribution in [0, 0.1) is 6.92 Å². The number of amides is 2. The van der Waals surface area contributed by atoms with Crippen molar-refractivity contribution in [3.8, 4) is 0 Å². The van der Waals surface area contributed by atoms with Gasteiger partial charge in [0.1, 0.15) is 12.6 Å². The number of hydrogen-bond acceptors (Lipinski definition) is 4. The van der Waals surface area contributed by atoms with E-state index in [-0.39, 0.29) is 12.5 Å². The third-order valence-electron chi connectivity index (χ3n) is 5.21. The zero-order chi connectivity index (χ0) is 24.6. The van der Waals surface area contributed by atoms with Gasteiger partial charge < -0.3 is 10.2 Å². The fourth-order valence-corrected chi connectivity index (χ4v) is 4.90. The fraction of sp³-hybridized carbons (Fsp3) is 0.417. The van der Waals surface area contributed by atoms with E-state index in [2.05, 4.69) is 21.2 Å². The van der Waals surface area contributed by atoms with Gasteiger partial charge in [0, 0.05) is 17.6 Å². The molecular formula is C24H32BrN3O4S. The summed E-state index contributed by atoms with van der Waals surface area (Å²) in [5, 5.41) is 2.87. The van der Waals surface area contributed by atoms with E-state index in [4.69, 9.17) is 0 Å². The van der Waals surface area contributed by atoms with E-state index in [0.717, 1.165) is 28.1 Å². The van der Waals surface area contributed by atoms with Crippen molar-refractivity contribution in [3.05, 3.63) is 64.1 Å². The lowest BCUT2D eigenvalue weighted by Gasteiger charge is -2.33. The number of rotatable bonds is 11. The molecule has 1 N–H and O–H groups in total. The summed E-state index contributed by atoms with van der Waals surface area (Å²) in [5.41, 5.74) is 2.32. The van der Waals surface area contributed by atoms with E-state index < -0.39 is 28.5 Å². The van der Waals surface area contributed by atoms with Gasteiger partial charge in [-0.05, 0) is 53.4 Å². The number of halogens is 1. The monoisotopic (exact) mass is 537 g/mol. The molecule has 0 saturated heterocycles. The Kier molecular flexibility index (Phi) is 9.91. The number of carbonyl (C=O) groups is 2. The van der Waals surface area contributed by atoms with Crippen LogP contribution < -0.4 is 9.62 Å². The van der Waals surface area contributed by atoms with E-state index in [0.29, 0.717) is 23.1 Å². The average Bonchev–Trinajstić information content (AvgIpc) is 2.77. The van der Waals surface area contributed by atoms with Crippen molar-refractivity contribution < 1.29 is 18.0 Å². The standard InChI is InChI=1S/C24H32BrN3O4S/c1-5-15-26-24(30)21(6-2)27(16-19-13-11-18(3)12-14-19)23(29)17-28(33(4,31)32)22-10-8-7-9-20(22)25/h7-14,21H,5-6,15-17H2,1-4H3,(H,26,30)/t21-/m1/s1. The van der Waals surface area contributed by atoms with Crippen LogP contribution in [0.2, 0.25) is 0 Å². The molecule has 0 fully saturated rings. The van der Waals surface area contributed by atoms with E-state index in [9.17, 15) is 18.0 Å². The smallest absolute Gasteiger partial charge is 0.244 e. The number of anilines is 1. The summed E-state index contributed by atoms with van der Waals surface area (Å²) >= 11 is 3.38. The Morgan fingerprint density at radius 2 is 1.70 bits per heavy atom. The number of carbonyl (C=O) groups excluding carboxylic acids is 2. The molecule has 2 amide bonds. The molecule has 2 aromatic rings. The first kappa shape index (κ1) is 26.9. The Morgan fingerprint density at radius 1 is 1.06 bits per heavy atom. The van der Waals surface area contributed by atoms with E-state index >= 15 is 0 Å². The average molecular weight is 539 g/mol. The van der Waals surface area contributed by atoms with Crippen LogP contribution in [-0.2, 0) is 26.2 Å². The second-order valence-corrected chi connectivity index (χ2v) is 10.7. The zero-order valence-electron chi connectivity index (χ0n) is 19.5. The van der Waals surface area contributed by atoms with Crippen molar-refractivity contribution in [1.82, 2.24) is 10.2 Å². The second-order valence-electron chi connectivity index (χ2n) is 7.94. The van der Waals surface area contributed by atoms with Gasteiger partial charge >= 0.3 is 0 Å². The number of sulfonamides is 1. The normalized spacial score (nSPS) is 12.2. The maximum absolute atomic E-state index is 13.6. The summed E-state index contributed by atoms with van der Waals surface area (Å²) in [5.74, 6) is -0.693.